The molecule has 0 saturated carbocycles. The summed E-state index contributed by atoms with van der Waals surface area (Å²) in [5.41, 5.74) is 8.76. The van der Waals surface area contributed by atoms with Crippen LogP contribution >= 0.6 is 34.8 Å². The molecule has 0 spiro atoms. The van der Waals surface area contributed by atoms with Gasteiger partial charge < -0.3 is 5.73 Å². The molecule has 0 aliphatic heterocycles. The maximum Gasteiger partial charge on any atom is 0.142 e. The first-order chi connectivity index (χ1) is 11.5. The van der Waals surface area contributed by atoms with E-state index in [-0.39, 0.29) is 11.4 Å². The second-order valence-electron chi connectivity index (χ2n) is 5.03. The van der Waals surface area contributed by atoms with Crippen LogP contribution in [0.5, 0.6) is 0 Å². The lowest BCUT2D eigenvalue weighted by molar-refractivity contribution is 1.31. The van der Waals surface area contributed by atoms with Gasteiger partial charge >= 0.3 is 0 Å². The molecule has 24 heavy (non-hydrogen) atoms. The zero-order valence-electron chi connectivity index (χ0n) is 12.2. The molecule has 2 aromatic carbocycles. The van der Waals surface area contributed by atoms with Gasteiger partial charge in [0.15, 0.2) is 0 Å². The Bertz CT molecular complexity index is 940. The molecule has 0 bridgehead atoms. The summed E-state index contributed by atoms with van der Waals surface area (Å²) in [5.74, 6) is 0.121. The topological polar surface area (TPSA) is 62.7 Å². The van der Waals surface area contributed by atoms with Crippen LogP contribution in [0.15, 0.2) is 48.5 Å². The Labute approximate surface area is 154 Å². The van der Waals surface area contributed by atoms with Crippen LogP contribution < -0.4 is 5.73 Å². The third-order valence-electron chi connectivity index (χ3n) is 3.53. The Kier molecular flexibility index (Phi) is 4.64. The standard InChI is InChI=1S/C18H10Cl3N3/c19-11-6-4-10(5-7-11)16-8-12(13(9-22)18(23)24-16)17-14(20)2-1-3-15(17)21/h1-8H,(H2,23,24). The second kappa shape index (κ2) is 6.70. The number of aromatic nitrogens is 1. The molecule has 0 amide bonds. The van der Waals surface area contributed by atoms with Crippen molar-refractivity contribution in [3.8, 4) is 28.5 Å². The van der Waals surface area contributed by atoms with Crippen molar-refractivity contribution in [3.63, 3.8) is 0 Å². The number of pyridine rings is 1. The average molecular weight is 375 g/mol. The van der Waals surface area contributed by atoms with Crippen molar-refractivity contribution in [1.29, 1.82) is 5.26 Å². The number of nitrogen functional groups attached to an aromatic ring is 1. The van der Waals surface area contributed by atoms with E-state index in [1.807, 2.05) is 12.1 Å². The number of nitrogens with zero attached hydrogens (tertiary/aromatic N) is 2. The van der Waals surface area contributed by atoms with Crippen molar-refractivity contribution in [1.82, 2.24) is 4.98 Å². The number of hydrogen-bond donors (Lipinski definition) is 1. The van der Waals surface area contributed by atoms with Gasteiger partial charge in [-0.05, 0) is 30.3 Å². The molecule has 3 nitrogen and oxygen atoms in total. The van der Waals surface area contributed by atoms with Gasteiger partial charge in [0, 0.05) is 31.8 Å². The monoisotopic (exact) mass is 373 g/mol. The molecule has 0 radical (unpaired) electrons. The summed E-state index contributed by atoms with van der Waals surface area (Å²) in [6, 6.07) is 16.2. The molecule has 0 fully saturated rings. The average Bonchev–Trinajstić information content (AvgIpc) is 2.55. The normalized spacial score (nSPS) is 10.4. The van der Waals surface area contributed by atoms with E-state index in [1.165, 1.54) is 0 Å². The minimum atomic E-state index is 0.121. The third-order valence-corrected chi connectivity index (χ3v) is 4.41. The number of nitrogens with two attached hydrogens (primary N) is 1. The van der Waals surface area contributed by atoms with Gasteiger partial charge in [-0.3, -0.25) is 0 Å². The van der Waals surface area contributed by atoms with E-state index >= 15 is 0 Å². The molecular formula is C18H10Cl3N3. The summed E-state index contributed by atoms with van der Waals surface area (Å²) in [7, 11) is 0. The van der Waals surface area contributed by atoms with Crippen LogP contribution in [0.4, 0.5) is 5.82 Å². The van der Waals surface area contributed by atoms with Gasteiger partial charge in [-0.1, -0.05) is 53.0 Å². The molecule has 1 heterocycles. The van der Waals surface area contributed by atoms with E-state index < -0.39 is 0 Å². The van der Waals surface area contributed by atoms with Crippen LogP contribution in [0.25, 0.3) is 22.4 Å². The second-order valence-corrected chi connectivity index (χ2v) is 6.28. The van der Waals surface area contributed by atoms with Crippen LogP contribution in [-0.4, -0.2) is 4.98 Å². The Morgan fingerprint density at radius 1 is 0.958 bits per heavy atom. The maximum absolute atomic E-state index is 9.47. The zero-order valence-corrected chi connectivity index (χ0v) is 14.5. The smallest absolute Gasteiger partial charge is 0.142 e. The van der Waals surface area contributed by atoms with Gasteiger partial charge in [-0.15, -0.1) is 0 Å². The molecule has 0 saturated heterocycles. The molecule has 3 aromatic rings. The summed E-state index contributed by atoms with van der Waals surface area (Å²) in [6.45, 7) is 0. The zero-order chi connectivity index (χ0) is 17.3. The van der Waals surface area contributed by atoms with E-state index in [1.54, 1.807) is 36.4 Å². The van der Waals surface area contributed by atoms with Crippen LogP contribution in [0, 0.1) is 11.3 Å². The van der Waals surface area contributed by atoms with E-state index in [9.17, 15) is 5.26 Å². The first-order valence-electron chi connectivity index (χ1n) is 6.92. The van der Waals surface area contributed by atoms with E-state index in [2.05, 4.69) is 11.1 Å². The number of anilines is 1. The highest BCUT2D eigenvalue weighted by molar-refractivity contribution is 6.39. The maximum atomic E-state index is 9.47. The van der Waals surface area contributed by atoms with E-state index in [4.69, 9.17) is 40.5 Å². The Hall–Kier alpha value is -2.25. The van der Waals surface area contributed by atoms with Gasteiger partial charge in [0.25, 0.3) is 0 Å². The van der Waals surface area contributed by atoms with Crippen molar-refractivity contribution in [2.75, 3.05) is 5.73 Å². The molecule has 0 atom stereocenters. The van der Waals surface area contributed by atoms with Crippen LogP contribution in [-0.2, 0) is 0 Å². The Morgan fingerprint density at radius 2 is 1.58 bits per heavy atom. The van der Waals surface area contributed by atoms with Crippen molar-refractivity contribution in [3.05, 3.63) is 69.2 Å². The number of rotatable bonds is 2. The van der Waals surface area contributed by atoms with Gasteiger partial charge in [0.1, 0.15) is 17.5 Å². The third kappa shape index (κ3) is 3.05. The van der Waals surface area contributed by atoms with Gasteiger partial charge in [0.2, 0.25) is 0 Å². The van der Waals surface area contributed by atoms with Crippen LogP contribution in [0.2, 0.25) is 15.1 Å². The minimum Gasteiger partial charge on any atom is -0.383 e. The number of nitriles is 1. The van der Waals surface area contributed by atoms with Crippen LogP contribution in [0.3, 0.4) is 0 Å². The lowest BCUT2D eigenvalue weighted by atomic mass is 9.98. The Morgan fingerprint density at radius 3 is 2.17 bits per heavy atom. The summed E-state index contributed by atoms with van der Waals surface area (Å²) < 4.78 is 0. The van der Waals surface area contributed by atoms with Gasteiger partial charge in [-0.25, -0.2) is 4.98 Å². The lowest BCUT2D eigenvalue weighted by Crippen LogP contribution is -2.00. The van der Waals surface area contributed by atoms with Crippen molar-refractivity contribution in [2.45, 2.75) is 0 Å². The summed E-state index contributed by atoms with van der Waals surface area (Å²) in [4.78, 5) is 4.32. The highest BCUT2D eigenvalue weighted by Crippen LogP contribution is 2.39. The van der Waals surface area contributed by atoms with E-state index in [0.717, 1.165) is 5.56 Å². The predicted octanol–water partition coefficient (Wildman–Crippen LogP) is 5.83. The quantitative estimate of drug-likeness (QED) is 0.614. The first kappa shape index (κ1) is 16.6. The highest BCUT2D eigenvalue weighted by atomic mass is 35.5. The minimum absolute atomic E-state index is 0.121. The molecule has 0 aliphatic carbocycles. The van der Waals surface area contributed by atoms with Gasteiger partial charge in [-0.2, -0.15) is 5.26 Å². The fourth-order valence-electron chi connectivity index (χ4n) is 2.40. The summed E-state index contributed by atoms with van der Waals surface area (Å²) in [6.07, 6.45) is 0. The highest BCUT2D eigenvalue weighted by Gasteiger charge is 2.17. The molecule has 6 heteroatoms. The number of benzene rings is 2. The molecule has 0 unspecified atom stereocenters. The largest absolute Gasteiger partial charge is 0.383 e. The molecule has 2 N–H and O–H groups in total. The molecule has 3 rings (SSSR count). The Balaban J connectivity index is 2.29. The summed E-state index contributed by atoms with van der Waals surface area (Å²) in [5, 5.41) is 11.0. The lowest BCUT2D eigenvalue weighted by Gasteiger charge is -2.13. The van der Waals surface area contributed by atoms with Crippen LogP contribution in [0.1, 0.15) is 5.56 Å². The fourth-order valence-corrected chi connectivity index (χ4v) is 3.13. The molecular weight excluding hydrogens is 365 g/mol. The predicted molar refractivity (Wildman–Crippen MR) is 99.3 cm³/mol. The first-order valence-corrected chi connectivity index (χ1v) is 8.05. The number of hydrogen-bond acceptors (Lipinski definition) is 3. The fraction of sp³-hybridized carbons (Fsp3) is 0. The molecule has 0 aliphatic rings. The number of halogens is 3. The SMILES string of the molecule is N#Cc1c(-c2c(Cl)cccc2Cl)cc(-c2ccc(Cl)cc2)nc1N. The van der Waals surface area contributed by atoms with Crippen molar-refractivity contribution >= 4 is 40.6 Å². The van der Waals surface area contributed by atoms with Crippen molar-refractivity contribution < 1.29 is 0 Å². The van der Waals surface area contributed by atoms with Gasteiger partial charge in [0.05, 0.1) is 5.69 Å². The summed E-state index contributed by atoms with van der Waals surface area (Å²) >= 11 is 18.5. The van der Waals surface area contributed by atoms with E-state index in [0.29, 0.717) is 31.9 Å². The molecule has 1 aromatic heterocycles. The van der Waals surface area contributed by atoms with Crippen molar-refractivity contribution in [2.24, 2.45) is 0 Å². The molecule has 118 valence electrons.